The van der Waals surface area contributed by atoms with E-state index in [1.165, 1.54) is 0 Å². The molecule has 1 saturated carbocycles. The van der Waals surface area contributed by atoms with Crippen LogP contribution in [0.5, 0.6) is 5.75 Å². The van der Waals surface area contributed by atoms with Crippen LogP contribution in [0, 0.1) is 0 Å². The summed E-state index contributed by atoms with van der Waals surface area (Å²) in [4.78, 5) is 6.42. The number of nitrogens with one attached hydrogen (secondary N) is 1. The largest absolute Gasteiger partial charge is 0.497 e. The summed E-state index contributed by atoms with van der Waals surface area (Å²) in [5.74, 6) is 0.665. The summed E-state index contributed by atoms with van der Waals surface area (Å²) in [5, 5.41) is 3.93. The molecule has 4 rings (SSSR count). The Morgan fingerprint density at radius 2 is 1.94 bits per heavy atom. The molecule has 0 unspecified atom stereocenters. The number of sulfone groups is 1. The summed E-state index contributed by atoms with van der Waals surface area (Å²) in [6, 6.07) is 17.0. The summed E-state index contributed by atoms with van der Waals surface area (Å²) in [7, 11) is -2.01. The van der Waals surface area contributed by atoms with Gasteiger partial charge in [-0.25, -0.2) is 13.4 Å². The van der Waals surface area contributed by atoms with Crippen LogP contribution in [0.4, 0.5) is 5.69 Å². The number of ether oxygens (including phenoxy) is 1. The second kappa shape index (κ2) is 10.4. The van der Waals surface area contributed by atoms with Crippen LogP contribution in [0.15, 0.2) is 78.6 Å². The van der Waals surface area contributed by atoms with E-state index in [4.69, 9.17) is 17.0 Å². The van der Waals surface area contributed by atoms with Crippen molar-refractivity contribution in [1.82, 2.24) is 14.5 Å². The first-order chi connectivity index (χ1) is 16.4. The van der Waals surface area contributed by atoms with Crippen molar-refractivity contribution in [1.29, 1.82) is 0 Å². The Balaban J connectivity index is 1.55. The van der Waals surface area contributed by atoms with Crippen molar-refractivity contribution in [2.75, 3.05) is 12.4 Å². The van der Waals surface area contributed by atoms with Gasteiger partial charge in [-0.3, -0.25) is 0 Å². The average Bonchev–Trinajstić information content (AvgIpc) is 3.59. The number of hydrogen-bond acceptors (Lipinski definition) is 5. The average molecular weight is 497 g/mol. The van der Waals surface area contributed by atoms with Gasteiger partial charge in [-0.05, 0) is 54.9 Å². The van der Waals surface area contributed by atoms with Crippen molar-refractivity contribution in [3.8, 4) is 5.75 Å². The van der Waals surface area contributed by atoms with Gasteiger partial charge in [0.2, 0.25) is 15.0 Å². The third-order valence-corrected chi connectivity index (χ3v) is 7.55. The molecule has 0 bridgehead atoms. The van der Waals surface area contributed by atoms with E-state index in [1.54, 1.807) is 36.1 Å². The number of imidazole rings is 1. The highest BCUT2D eigenvalue weighted by Crippen LogP contribution is 2.30. The molecule has 1 aliphatic rings. The molecule has 1 N–H and O–H groups in total. The fourth-order valence-electron chi connectivity index (χ4n) is 3.75. The lowest BCUT2D eigenvalue weighted by Gasteiger charge is -2.26. The Morgan fingerprint density at radius 3 is 2.56 bits per heavy atom. The zero-order chi connectivity index (χ0) is 24.1. The molecule has 7 nitrogen and oxygen atoms in total. The number of aromatic nitrogens is 2. The molecule has 0 amide bonds. The number of nitrogens with zero attached hydrogens (tertiary/aromatic N) is 3. The van der Waals surface area contributed by atoms with Gasteiger partial charge in [0.1, 0.15) is 5.75 Å². The van der Waals surface area contributed by atoms with Gasteiger partial charge < -0.3 is 19.5 Å². The number of methoxy groups -OCH3 is 1. The van der Waals surface area contributed by atoms with E-state index in [0.29, 0.717) is 24.2 Å². The van der Waals surface area contributed by atoms with Gasteiger partial charge in [0.05, 0.1) is 31.3 Å². The van der Waals surface area contributed by atoms with Gasteiger partial charge >= 0.3 is 0 Å². The summed E-state index contributed by atoms with van der Waals surface area (Å²) in [6.07, 6.45) is 5.40. The molecule has 0 aliphatic heterocycles. The number of thiocarbonyl (C=S) groups is 1. The van der Waals surface area contributed by atoms with E-state index in [2.05, 4.69) is 21.8 Å². The third kappa shape index (κ3) is 5.66. The minimum Gasteiger partial charge on any atom is -0.497 e. The lowest BCUT2D eigenvalue weighted by Crippen LogP contribution is -2.36. The standard InChI is InChI=1S/C25H28N4O3S2/c1-3-15-28-22(16-26-25(28)34(30,31)18-19-7-5-4-6-8-19)17-29(21-11-12-21)24(33)27-20-9-13-23(32-2)14-10-20/h3-10,13-14,16,21H,1,11-12,15,17-18H2,2H3,(H,27,33). The van der Waals surface area contributed by atoms with E-state index >= 15 is 0 Å². The highest BCUT2D eigenvalue weighted by molar-refractivity contribution is 7.90. The number of anilines is 1. The summed E-state index contributed by atoms with van der Waals surface area (Å²) in [5.41, 5.74) is 2.36. The topological polar surface area (TPSA) is 76.5 Å². The van der Waals surface area contributed by atoms with Crippen molar-refractivity contribution < 1.29 is 13.2 Å². The number of allylic oxidation sites excluding steroid dienone is 1. The number of hydrogen-bond donors (Lipinski definition) is 1. The second-order valence-electron chi connectivity index (χ2n) is 8.19. The van der Waals surface area contributed by atoms with Crippen molar-refractivity contribution >= 4 is 32.9 Å². The molecule has 1 fully saturated rings. The normalized spacial score (nSPS) is 13.3. The fourth-order valence-corrected chi connectivity index (χ4v) is 5.58. The maximum absolute atomic E-state index is 13.2. The molecular weight excluding hydrogens is 468 g/mol. The zero-order valence-corrected chi connectivity index (χ0v) is 20.7. The first-order valence-electron chi connectivity index (χ1n) is 11.0. The van der Waals surface area contributed by atoms with Crippen LogP contribution in [0.1, 0.15) is 24.1 Å². The van der Waals surface area contributed by atoms with Crippen LogP contribution in [0.3, 0.4) is 0 Å². The zero-order valence-electron chi connectivity index (χ0n) is 19.1. The van der Waals surface area contributed by atoms with Crippen molar-refractivity contribution in [3.63, 3.8) is 0 Å². The van der Waals surface area contributed by atoms with Gasteiger partial charge in [0.25, 0.3) is 0 Å². The van der Waals surface area contributed by atoms with Gasteiger partial charge in [0, 0.05) is 18.3 Å². The predicted octanol–water partition coefficient (Wildman–Crippen LogP) is 4.41. The highest BCUT2D eigenvalue weighted by atomic mass is 32.2. The van der Waals surface area contributed by atoms with Crippen molar-refractivity contribution in [2.45, 2.75) is 42.9 Å². The minimum atomic E-state index is -3.64. The Morgan fingerprint density at radius 1 is 1.24 bits per heavy atom. The molecule has 1 heterocycles. The maximum Gasteiger partial charge on any atom is 0.228 e. The first-order valence-corrected chi connectivity index (χ1v) is 13.1. The Kier molecular flexibility index (Phi) is 7.33. The highest BCUT2D eigenvalue weighted by Gasteiger charge is 2.32. The summed E-state index contributed by atoms with van der Waals surface area (Å²) < 4.78 is 33.3. The number of benzene rings is 2. The van der Waals surface area contributed by atoms with Crippen LogP contribution in [-0.2, 0) is 28.7 Å². The fraction of sp³-hybridized carbons (Fsp3) is 0.280. The molecule has 34 heavy (non-hydrogen) atoms. The predicted molar refractivity (Wildman–Crippen MR) is 138 cm³/mol. The number of rotatable bonds is 10. The quantitative estimate of drug-likeness (QED) is 0.329. The molecule has 178 valence electrons. The van der Waals surface area contributed by atoms with E-state index in [-0.39, 0.29) is 10.9 Å². The van der Waals surface area contributed by atoms with Gasteiger partial charge in [0.15, 0.2) is 5.11 Å². The molecule has 0 spiro atoms. The molecular formula is C25H28N4O3S2. The maximum atomic E-state index is 13.2. The van der Waals surface area contributed by atoms with Crippen LogP contribution < -0.4 is 10.1 Å². The monoisotopic (exact) mass is 496 g/mol. The Bertz CT molecular complexity index is 1250. The molecule has 1 aromatic heterocycles. The van der Waals surface area contributed by atoms with E-state index in [1.807, 2.05) is 42.5 Å². The van der Waals surface area contributed by atoms with Crippen LogP contribution in [0.25, 0.3) is 0 Å². The van der Waals surface area contributed by atoms with Crippen LogP contribution >= 0.6 is 12.2 Å². The Labute approximate surface area is 206 Å². The second-order valence-corrected chi connectivity index (χ2v) is 10.5. The van der Waals surface area contributed by atoms with Gasteiger partial charge in [-0.2, -0.15) is 0 Å². The minimum absolute atomic E-state index is 0.0519. The molecule has 0 atom stereocenters. The molecule has 0 radical (unpaired) electrons. The van der Waals surface area contributed by atoms with Crippen molar-refractivity contribution in [2.24, 2.45) is 0 Å². The first kappa shape index (κ1) is 24.0. The SMILES string of the molecule is C=CCn1c(CN(C(=S)Nc2ccc(OC)cc2)C2CC2)cnc1S(=O)(=O)Cc1ccccc1. The molecule has 2 aromatic carbocycles. The van der Waals surface area contributed by atoms with Crippen LogP contribution in [0.2, 0.25) is 0 Å². The lowest BCUT2D eigenvalue weighted by atomic mass is 10.2. The van der Waals surface area contributed by atoms with Crippen LogP contribution in [-0.4, -0.2) is 41.1 Å². The molecule has 1 aliphatic carbocycles. The van der Waals surface area contributed by atoms with Gasteiger partial charge in [-0.15, -0.1) is 6.58 Å². The van der Waals surface area contributed by atoms with E-state index < -0.39 is 9.84 Å². The van der Waals surface area contributed by atoms with Crippen molar-refractivity contribution in [3.05, 3.63) is 84.7 Å². The molecule has 0 saturated heterocycles. The summed E-state index contributed by atoms with van der Waals surface area (Å²) in [6.45, 7) is 4.61. The Hall–Kier alpha value is -3.17. The smallest absolute Gasteiger partial charge is 0.228 e. The third-order valence-electron chi connectivity index (χ3n) is 5.61. The molecule has 9 heteroatoms. The lowest BCUT2D eigenvalue weighted by molar-refractivity contribution is 0.394. The summed E-state index contributed by atoms with van der Waals surface area (Å²) >= 11 is 5.72. The van der Waals surface area contributed by atoms with E-state index in [0.717, 1.165) is 35.5 Å². The molecule has 3 aromatic rings. The van der Waals surface area contributed by atoms with Gasteiger partial charge in [-0.1, -0.05) is 36.4 Å². The van der Waals surface area contributed by atoms with E-state index in [9.17, 15) is 8.42 Å².